The predicted molar refractivity (Wildman–Crippen MR) is 100 cm³/mol. The SMILES string of the molecule is CC(=O)c1cccc(S(=O)(=O)NCC(c2ccco2)n2nc(C)cc2C)c1. The fraction of sp³-hybridized carbons (Fsp3) is 0.263. The quantitative estimate of drug-likeness (QED) is 0.629. The van der Waals surface area contributed by atoms with Crippen molar-refractivity contribution >= 4 is 15.8 Å². The lowest BCUT2D eigenvalue weighted by molar-refractivity contribution is 0.101. The first-order valence-corrected chi connectivity index (χ1v) is 9.93. The van der Waals surface area contributed by atoms with Gasteiger partial charge in [-0.3, -0.25) is 9.48 Å². The lowest BCUT2D eigenvalue weighted by Gasteiger charge is -2.18. The van der Waals surface area contributed by atoms with Crippen LogP contribution in [0.25, 0.3) is 0 Å². The van der Waals surface area contributed by atoms with Crippen LogP contribution in [0.15, 0.2) is 58.0 Å². The van der Waals surface area contributed by atoms with Crippen molar-refractivity contribution in [3.8, 4) is 0 Å². The van der Waals surface area contributed by atoms with Crippen LogP contribution in [0.1, 0.15) is 40.5 Å². The number of nitrogens with one attached hydrogen (secondary N) is 1. The van der Waals surface area contributed by atoms with Gasteiger partial charge >= 0.3 is 0 Å². The zero-order chi connectivity index (χ0) is 19.6. The molecule has 1 unspecified atom stereocenters. The molecule has 0 amide bonds. The topological polar surface area (TPSA) is 94.2 Å². The summed E-state index contributed by atoms with van der Waals surface area (Å²) in [6, 6.07) is 11.0. The van der Waals surface area contributed by atoms with Gasteiger partial charge in [0, 0.05) is 17.8 Å². The van der Waals surface area contributed by atoms with Crippen LogP contribution in [-0.2, 0) is 10.0 Å². The number of rotatable bonds is 7. The van der Waals surface area contributed by atoms with Gasteiger partial charge < -0.3 is 4.42 Å². The van der Waals surface area contributed by atoms with E-state index in [4.69, 9.17) is 4.42 Å². The van der Waals surface area contributed by atoms with E-state index >= 15 is 0 Å². The summed E-state index contributed by atoms with van der Waals surface area (Å²) in [5.74, 6) is 0.407. The van der Waals surface area contributed by atoms with E-state index < -0.39 is 16.1 Å². The summed E-state index contributed by atoms with van der Waals surface area (Å²) in [5, 5.41) is 4.45. The second-order valence-electron chi connectivity index (χ2n) is 6.34. The molecule has 0 bridgehead atoms. The second kappa shape index (κ2) is 7.50. The standard InChI is InChI=1S/C19H21N3O4S/c1-13-10-14(2)22(21-13)18(19-8-5-9-26-19)12-20-27(24,25)17-7-4-6-16(11-17)15(3)23/h4-11,18,20H,12H2,1-3H3. The predicted octanol–water partition coefficient (Wildman–Crippen LogP) is 2.86. The van der Waals surface area contributed by atoms with E-state index in [1.54, 1.807) is 35.2 Å². The first-order valence-electron chi connectivity index (χ1n) is 8.45. The first kappa shape index (κ1) is 19.1. The van der Waals surface area contributed by atoms with Crippen LogP contribution in [-0.4, -0.2) is 30.5 Å². The summed E-state index contributed by atoms with van der Waals surface area (Å²) in [6.45, 7) is 5.23. The van der Waals surface area contributed by atoms with Gasteiger partial charge in [-0.25, -0.2) is 13.1 Å². The van der Waals surface area contributed by atoms with E-state index in [2.05, 4.69) is 9.82 Å². The molecule has 0 fully saturated rings. The highest BCUT2D eigenvalue weighted by molar-refractivity contribution is 7.89. The van der Waals surface area contributed by atoms with Crippen LogP contribution in [0.4, 0.5) is 0 Å². The van der Waals surface area contributed by atoms with Crippen LogP contribution in [0, 0.1) is 13.8 Å². The van der Waals surface area contributed by atoms with Crippen molar-refractivity contribution in [1.29, 1.82) is 0 Å². The molecule has 1 N–H and O–H groups in total. The minimum absolute atomic E-state index is 0.0433. The molecule has 0 saturated carbocycles. The number of ketones is 1. The van der Waals surface area contributed by atoms with Gasteiger partial charge in [0.1, 0.15) is 11.8 Å². The average molecular weight is 387 g/mol. The average Bonchev–Trinajstić information content (AvgIpc) is 3.25. The number of furan rings is 1. The number of hydrogen-bond acceptors (Lipinski definition) is 5. The van der Waals surface area contributed by atoms with Gasteiger partial charge in [-0.1, -0.05) is 12.1 Å². The van der Waals surface area contributed by atoms with E-state index in [-0.39, 0.29) is 17.2 Å². The van der Waals surface area contributed by atoms with Crippen LogP contribution >= 0.6 is 0 Å². The number of carbonyl (C=O) groups excluding carboxylic acids is 1. The molecule has 3 rings (SSSR count). The van der Waals surface area contributed by atoms with Gasteiger partial charge in [-0.15, -0.1) is 0 Å². The van der Waals surface area contributed by atoms with Gasteiger partial charge in [-0.05, 0) is 51.1 Å². The summed E-state index contributed by atoms with van der Waals surface area (Å²) in [5.41, 5.74) is 2.08. The maximum atomic E-state index is 12.7. The minimum Gasteiger partial charge on any atom is -0.467 e. The lowest BCUT2D eigenvalue weighted by atomic mass is 10.2. The Morgan fingerprint density at radius 3 is 2.59 bits per heavy atom. The summed E-state index contributed by atoms with van der Waals surface area (Å²) in [7, 11) is -3.80. The van der Waals surface area contributed by atoms with Crippen LogP contribution < -0.4 is 4.72 Å². The van der Waals surface area contributed by atoms with Crippen molar-refractivity contribution in [2.45, 2.75) is 31.7 Å². The maximum Gasteiger partial charge on any atom is 0.240 e. The molecule has 7 nitrogen and oxygen atoms in total. The van der Waals surface area contributed by atoms with Crippen molar-refractivity contribution in [1.82, 2.24) is 14.5 Å². The third-order valence-electron chi connectivity index (χ3n) is 4.23. The number of aryl methyl sites for hydroxylation is 2. The zero-order valence-electron chi connectivity index (χ0n) is 15.3. The number of carbonyl (C=O) groups is 1. The molecule has 2 heterocycles. The van der Waals surface area contributed by atoms with Crippen LogP contribution in [0.5, 0.6) is 0 Å². The highest BCUT2D eigenvalue weighted by Crippen LogP contribution is 2.21. The zero-order valence-corrected chi connectivity index (χ0v) is 16.2. The fourth-order valence-electron chi connectivity index (χ4n) is 2.90. The summed E-state index contributed by atoms with van der Waals surface area (Å²) < 4.78 is 35.3. The number of nitrogens with zero attached hydrogens (tertiary/aromatic N) is 2. The van der Waals surface area contributed by atoms with Crippen molar-refractivity contribution < 1.29 is 17.6 Å². The highest BCUT2D eigenvalue weighted by atomic mass is 32.2. The van der Waals surface area contributed by atoms with Crippen molar-refractivity contribution in [3.05, 3.63) is 71.4 Å². The van der Waals surface area contributed by atoms with Gasteiger partial charge in [0.05, 0.1) is 16.9 Å². The molecule has 0 aliphatic heterocycles. The molecule has 27 heavy (non-hydrogen) atoms. The number of aromatic nitrogens is 2. The molecule has 0 radical (unpaired) electrons. The van der Waals surface area contributed by atoms with Gasteiger partial charge in [-0.2, -0.15) is 5.10 Å². The molecule has 0 aliphatic carbocycles. The normalized spacial score (nSPS) is 12.9. The Morgan fingerprint density at radius 2 is 2.00 bits per heavy atom. The van der Waals surface area contributed by atoms with Gasteiger partial charge in [0.2, 0.25) is 10.0 Å². The van der Waals surface area contributed by atoms with Crippen LogP contribution in [0.3, 0.4) is 0 Å². The molecule has 1 atom stereocenters. The largest absolute Gasteiger partial charge is 0.467 e. The summed E-state index contributed by atoms with van der Waals surface area (Å²) >= 11 is 0. The fourth-order valence-corrected chi connectivity index (χ4v) is 3.99. The first-order chi connectivity index (χ1) is 12.8. The third-order valence-corrected chi connectivity index (χ3v) is 5.65. The van der Waals surface area contributed by atoms with E-state index in [1.165, 1.54) is 19.1 Å². The second-order valence-corrected chi connectivity index (χ2v) is 8.11. The molecule has 0 saturated heterocycles. The molecule has 0 aliphatic rings. The molecular weight excluding hydrogens is 366 g/mol. The molecule has 142 valence electrons. The maximum absolute atomic E-state index is 12.7. The lowest BCUT2D eigenvalue weighted by Crippen LogP contribution is -2.32. The van der Waals surface area contributed by atoms with E-state index in [9.17, 15) is 13.2 Å². The molecule has 0 spiro atoms. The van der Waals surface area contributed by atoms with Crippen molar-refractivity contribution in [3.63, 3.8) is 0 Å². The smallest absolute Gasteiger partial charge is 0.240 e. The highest BCUT2D eigenvalue weighted by Gasteiger charge is 2.23. The molecule has 2 aromatic heterocycles. The minimum atomic E-state index is -3.80. The molecule has 1 aromatic carbocycles. The Morgan fingerprint density at radius 1 is 1.22 bits per heavy atom. The van der Waals surface area contributed by atoms with E-state index in [0.717, 1.165) is 11.4 Å². The summed E-state index contributed by atoms with van der Waals surface area (Å²) in [6.07, 6.45) is 1.54. The van der Waals surface area contributed by atoms with Gasteiger partial charge in [0.25, 0.3) is 0 Å². The van der Waals surface area contributed by atoms with Crippen molar-refractivity contribution in [2.24, 2.45) is 0 Å². The monoisotopic (exact) mass is 387 g/mol. The Bertz CT molecular complexity index is 1050. The van der Waals surface area contributed by atoms with Crippen LogP contribution in [0.2, 0.25) is 0 Å². The Balaban J connectivity index is 1.88. The van der Waals surface area contributed by atoms with Gasteiger partial charge in [0.15, 0.2) is 5.78 Å². The Hall–Kier alpha value is -2.71. The summed E-state index contributed by atoms with van der Waals surface area (Å²) in [4.78, 5) is 11.6. The van der Waals surface area contributed by atoms with Crippen molar-refractivity contribution in [2.75, 3.05) is 6.54 Å². The molecule has 8 heteroatoms. The molecule has 3 aromatic rings. The third kappa shape index (κ3) is 4.17. The number of hydrogen-bond donors (Lipinski definition) is 1. The number of benzene rings is 1. The molecular formula is C19H21N3O4S. The number of Topliss-reactive ketones (excluding diaryl/α,β-unsaturated/α-hetero) is 1. The Kier molecular flexibility index (Phi) is 5.29. The number of sulfonamides is 1. The van der Waals surface area contributed by atoms with E-state index in [0.29, 0.717) is 11.3 Å². The van der Waals surface area contributed by atoms with E-state index in [1.807, 2.05) is 19.9 Å². The Labute approximate surface area is 158 Å².